The molecule has 176 valence electrons. The second-order valence-corrected chi connectivity index (χ2v) is 9.55. The molecule has 2 fully saturated rings. The Morgan fingerprint density at radius 2 is 1.85 bits per heavy atom. The number of carbonyl (C=O) groups is 2. The van der Waals surface area contributed by atoms with Crippen LogP contribution in [0.5, 0.6) is 0 Å². The first-order chi connectivity index (χ1) is 16.5. The minimum Gasteiger partial charge on any atom is -0.315 e. The van der Waals surface area contributed by atoms with Gasteiger partial charge in [-0.05, 0) is 44.2 Å². The SMILES string of the molecule is Cc1cc(C(=O)CSC2NC3NNCC3C(=O)N2c2ccccc2)c(C)n1-c1ccccc1F. The Bertz CT molecular complexity index is 1230. The molecule has 5 rings (SSSR count). The monoisotopic (exact) mass is 479 g/mol. The van der Waals surface area contributed by atoms with Crippen molar-refractivity contribution in [3.05, 3.63) is 83.4 Å². The van der Waals surface area contributed by atoms with Crippen LogP contribution < -0.4 is 21.1 Å². The lowest BCUT2D eigenvalue weighted by molar-refractivity contribution is -0.124. The topological polar surface area (TPSA) is 78.4 Å². The fourth-order valence-corrected chi connectivity index (χ4v) is 5.74. The van der Waals surface area contributed by atoms with Crippen LogP contribution in [0.25, 0.3) is 5.69 Å². The molecule has 34 heavy (non-hydrogen) atoms. The Morgan fingerprint density at radius 1 is 1.12 bits per heavy atom. The first-order valence-electron chi connectivity index (χ1n) is 11.2. The number of nitrogens with zero attached hydrogens (tertiary/aromatic N) is 2. The third kappa shape index (κ3) is 4.05. The summed E-state index contributed by atoms with van der Waals surface area (Å²) >= 11 is 1.37. The summed E-state index contributed by atoms with van der Waals surface area (Å²) in [5.41, 5.74) is 8.99. The van der Waals surface area contributed by atoms with Gasteiger partial charge in [-0.15, -0.1) is 11.8 Å². The van der Waals surface area contributed by atoms with E-state index in [1.165, 1.54) is 17.8 Å². The largest absolute Gasteiger partial charge is 0.315 e. The van der Waals surface area contributed by atoms with Crippen LogP contribution in [0.3, 0.4) is 0 Å². The smallest absolute Gasteiger partial charge is 0.236 e. The normalized spacial score (nSPS) is 22.1. The predicted molar refractivity (Wildman–Crippen MR) is 131 cm³/mol. The number of fused-ring (bicyclic) bond motifs is 1. The Hall–Kier alpha value is -2.98. The van der Waals surface area contributed by atoms with Gasteiger partial charge in [-0.25, -0.2) is 9.82 Å². The van der Waals surface area contributed by atoms with E-state index < -0.39 is 5.50 Å². The maximum Gasteiger partial charge on any atom is 0.236 e. The summed E-state index contributed by atoms with van der Waals surface area (Å²) in [4.78, 5) is 28.3. The molecule has 3 atom stereocenters. The molecule has 2 aliphatic heterocycles. The van der Waals surface area contributed by atoms with Gasteiger partial charge >= 0.3 is 0 Å². The number of aryl methyl sites for hydroxylation is 1. The van der Waals surface area contributed by atoms with Crippen LogP contribution >= 0.6 is 11.8 Å². The Labute approximate surface area is 201 Å². The summed E-state index contributed by atoms with van der Waals surface area (Å²) < 4.78 is 16.2. The number of halogens is 1. The summed E-state index contributed by atoms with van der Waals surface area (Å²) in [5.74, 6) is -0.459. The van der Waals surface area contributed by atoms with Crippen molar-refractivity contribution in [3.63, 3.8) is 0 Å². The number of carbonyl (C=O) groups excluding carboxylic acids is 2. The van der Waals surface area contributed by atoms with Gasteiger partial charge in [0.15, 0.2) is 5.78 Å². The predicted octanol–water partition coefficient (Wildman–Crippen LogP) is 3.12. The Balaban J connectivity index is 1.38. The highest BCUT2D eigenvalue weighted by molar-refractivity contribution is 8.00. The number of ketones is 1. The van der Waals surface area contributed by atoms with Crippen molar-refractivity contribution in [2.45, 2.75) is 25.5 Å². The third-order valence-electron chi connectivity index (χ3n) is 6.32. The number of Topliss-reactive ketones (excluding diaryl/α,β-unsaturated/α-hetero) is 1. The zero-order chi connectivity index (χ0) is 23.8. The molecule has 1 amide bonds. The van der Waals surface area contributed by atoms with E-state index in [9.17, 15) is 14.0 Å². The molecular formula is C25H26FN5O2S. The molecule has 3 unspecified atom stereocenters. The average molecular weight is 480 g/mol. The maximum atomic E-state index is 14.4. The van der Waals surface area contributed by atoms with Crippen molar-refractivity contribution in [1.29, 1.82) is 0 Å². The van der Waals surface area contributed by atoms with E-state index in [0.29, 0.717) is 23.5 Å². The molecule has 0 aliphatic carbocycles. The van der Waals surface area contributed by atoms with Crippen molar-refractivity contribution < 1.29 is 14.0 Å². The van der Waals surface area contributed by atoms with Crippen LogP contribution in [0.4, 0.5) is 10.1 Å². The number of nitrogens with one attached hydrogen (secondary N) is 3. The van der Waals surface area contributed by atoms with Gasteiger partial charge in [0.1, 0.15) is 11.3 Å². The van der Waals surface area contributed by atoms with Crippen LogP contribution in [-0.4, -0.2) is 40.2 Å². The number of rotatable bonds is 6. The fourth-order valence-electron chi connectivity index (χ4n) is 4.66. The van der Waals surface area contributed by atoms with Crippen molar-refractivity contribution >= 4 is 29.1 Å². The lowest BCUT2D eigenvalue weighted by Gasteiger charge is -2.41. The van der Waals surface area contributed by atoms with Gasteiger partial charge in [0.2, 0.25) is 5.91 Å². The quantitative estimate of drug-likeness (QED) is 0.472. The molecule has 2 aliphatic rings. The van der Waals surface area contributed by atoms with Crippen molar-refractivity contribution in [2.75, 3.05) is 17.2 Å². The molecule has 7 nitrogen and oxygen atoms in total. The molecule has 3 heterocycles. The number of aromatic nitrogens is 1. The summed E-state index contributed by atoms with van der Waals surface area (Å²) in [6.07, 6.45) is -0.203. The van der Waals surface area contributed by atoms with Gasteiger partial charge in [0.05, 0.1) is 23.5 Å². The number of thioether (sulfide) groups is 1. The van der Waals surface area contributed by atoms with E-state index in [-0.39, 0.29) is 35.3 Å². The highest BCUT2D eigenvalue weighted by Gasteiger charge is 2.45. The average Bonchev–Trinajstić information content (AvgIpc) is 3.43. The van der Waals surface area contributed by atoms with Gasteiger partial charge in [-0.2, -0.15) is 0 Å². The van der Waals surface area contributed by atoms with Crippen LogP contribution in [0.2, 0.25) is 0 Å². The van der Waals surface area contributed by atoms with Gasteiger partial charge in [-0.1, -0.05) is 30.3 Å². The third-order valence-corrected chi connectivity index (χ3v) is 7.42. The van der Waals surface area contributed by atoms with Gasteiger partial charge in [-0.3, -0.25) is 25.2 Å². The Kier molecular flexibility index (Phi) is 6.26. The molecule has 9 heteroatoms. The van der Waals surface area contributed by atoms with E-state index in [1.807, 2.05) is 44.2 Å². The van der Waals surface area contributed by atoms with Gasteiger partial charge in [0.25, 0.3) is 0 Å². The van der Waals surface area contributed by atoms with E-state index in [4.69, 9.17) is 0 Å². The molecule has 3 N–H and O–H groups in total. The summed E-state index contributed by atoms with van der Waals surface area (Å²) in [7, 11) is 0. The molecular weight excluding hydrogens is 453 g/mol. The number of hydrazine groups is 1. The molecule has 2 aromatic carbocycles. The van der Waals surface area contributed by atoms with E-state index in [1.54, 1.807) is 33.7 Å². The number of hydrogen-bond donors (Lipinski definition) is 3. The zero-order valence-corrected chi connectivity index (χ0v) is 19.7. The van der Waals surface area contributed by atoms with Gasteiger partial charge in [0, 0.05) is 29.2 Å². The van der Waals surface area contributed by atoms with Crippen molar-refractivity contribution in [3.8, 4) is 5.69 Å². The maximum absolute atomic E-state index is 14.4. The standard InChI is InChI=1S/C25H26FN5O2S/c1-15-12-18(16(2)30(15)21-11-7-6-10-20(21)26)22(32)14-34-25-28-23-19(13-27-29-23)24(33)31(25)17-8-4-3-5-9-17/h3-12,19,23,25,27-29H,13-14H2,1-2H3. The summed E-state index contributed by atoms with van der Waals surface area (Å²) in [5, 5.41) is 3.45. The lowest BCUT2D eigenvalue weighted by Crippen LogP contribution is -2.64. The number of anilines is 1. The first kappa shape index (κ1) is 22.8. The second kappa shape index (κ2) is 9.34. The highest BCUT2D eigenvalue weighted by Crippen LogP contribution is 2.31. The van der Waals surface area contributed by atoms with Gasteiger partial charge < -0.3 is 4.57 Å². The first-order valence-corrected chi connectivity index (χ1v) is 12.2. The molecule has 3 aromatic rings. The van der Waals surface area contributed by atoms with Crippen LogP contribution in [0, 0.1) is 25.6 Å². The molecule has 0 saturated carbocycles. The number of benzene rings is 2. The van der Waals surface area contributed by atoms with Crippen LogP contribution in [0.1, 0.15) is 21.7 Å². The number of para-hydroxylation sites is 2. The van der Waals surface area contributed by atoms with E-state index >= 15 is 0 Å². The molecule has 0 radical (unpaired) electrons. The Morgan fingerprint density at radius 3 is 2.62 bits per heavy atom. The minimum atomic E-state index is -0.414. The van der Waals surface area contributed by atoms with Crippen molar-refractivity contribution in [1.82, 2.24) is 20.7 Å². The molecule has 0 bridgehead atoms. The molecule has 1 aromatic heterocycles. The summed E-state index contributed by atoms with van der Waals surface area (Å²) in [6.45, 7) is 4.23. The number of hydrogen-bond acceptors (Lipinski definition) is 6. The van der Waals surface area contributed by atoms with Crippen LogP contribution in [-0.2, 0) is 4.79 Å². The minimum absolute atomic E-state index is 0.00938. The lowest BCUT2D eigenvalue weighted by atomic mass is 10.0. The van der Waals surface area contributed by atoms with Crippen molar-refractivity contribution in [2.24, 2.45) is 5.92 Å². The summed E-state index contributed by atoms with van der Waals surface area (Å²) in [6, 6.07) is 17.8. The number of amides is 1. The molecule has 2 saturated heterocycles. The highest BCUT2D eigenvalue weighted by atomic mass is 32.2. The second-order valence-electron chi connectivity index (χ2n) is 8.48. The van der Waals surface area contributed by atoms with Crippen LogP contribution in [0.15, 0.2) is 60.7 Å². The molecule has 0 spiro atoms. The van der Waals surface area contributed by atoms with E-state index in [0.717, 1.165) is 11.4 Å². The fraction of sp³-hybridized carbons (Fsp3) is 0.280. The van der Waals surface area contributed by atoms with E-state index in [2.05, 4.69) is 16.2 Å². The zero-order valence-electron chi connectivity index (χ0n) is 18.9.